The Kier molecular flexibility index (Phi) is 5.14. The number of nitrogens with zero attached hydrogens (tertiary/aromatic N) is 2. The number of H-pyrrole nitrogens is 1. The number of hydrogen-bond acceptors (Lipinski definition) is 3. The maximum atomic E-state index is 13.4. The normalized spacial score (nSPS) is 18.0. The molecule has 0 saturated carbocycles. The summed E-state index contributed by atoms with van der Waals surface area (Å²) in [6, 6.07) is 6.34. The number of aliphatic hydroxyl groups is 1. The largest absolute Gasteiger partial charge is 0.389 e. The Labute approximate surface area is 153 Å². The molecule has 0 radical (unpaired) electrons. The first-order valence-electron chi connectivity index (χ1n) is 9.06. The number of piperidine rings is 1. The summed E-state index contributed by atoms with van der Waals surface area (Å²) in [6.07, 6.45) is 1.39. The van der Waals surface area contributed by atoms with Crippen molar-refractivity contribution in [3.8, 4) is 0 Å². The molecule has 2 aromatic rings. The number of nitrogens with one attached hydrogen (secondary N) is 1. The third kappa shape index (κ3) is 3.80. The Morgan fingerprint density at radius 2 is 2.08 bits per heavy atom. The Hall–Kier alpha value is -2.21. The first-order chi connectivity index (χ1) is 12.3. The van der Waals surface area contributed by atoms with Gasteiger partial charge in [-0.15, -0.1) is 0 Å². The van der Waals surface area contributed by atoms with Crippen molar-refractivity contribution in [1.82, 2.24) is 15.1 Å². The van der Waals surface area contributed by atoms with Gasteiger partial charge < -0.3 is 10.0 Å². The number of aromatic nitrogens is 2. The summed E-state index contributed by atoms with van der Waals surface area (Å²) >= 11 is 0. The van der Waals surface area contributed by atoms with E-state index in [2.05, 4.69) is 10.2 Å². The fourth-order valence-corrected chi connectivity index (χ4v) is 3.94. The molecular weight excluding hydrogens is 333 g/mol. The summed E-state index contributed by atoms with van der Waals surface area (Å²) < 4.78 is 13.4. The number of carbonyl (C=O) groups is 1. The smallest absolute Gasteiger partial charge is 0.229 e. The molecule has 0 aliphatic carbocycles. The molecule has 1 saturated heterocycles. The van der Waals surface area contributed by atoms with E-state index in [1.165, 1.54) is 12.1 Å². The molecule has 2 heterocycles. The molecule has 1 atom stereocenters. The molecule has 1 aliphatic heterocycles. The Bertz CT molecular complexity index is 775. The first-order valence-corrected chi connectivity index (χ1v) is 9.06. The second-order valence-electron chi connectivity index (χ2n) is 7.43. The molecule has 1 amide bonds. The topological polar surface area (TPSA) is 69.2 Å². The van der Waals surface area contributed by atoms with Crippen LogP contribution in [0.4, 0.5) is 4.39 Å². The van der Waals surface area contributed by atoms with Gasteiger partial charge >= 0.3 is 0 Å². The minimum Gasteiger partial charge on any atom is -0.389 e. The van der Waals surface area contributed by atoms with Crippen LogP contribution in [0.25, 0.3) is 0 Å². The molecule has 140 valence electrons. The van der Waals surface area contributed by atoms with E-state index in [4.69, 9.17) is 0 Å². The lowest BCUT2D eigenvalue weighted by atomic mass is 9.84. The van der Waals surface area contributed by atoms with Crippen LogP contribution in [0.1, 0.15) is 48.2 Å². The van der Waals surface area contributed by atoms with Crippen molar-refractivity contribution < 1.29 is 14.3 Å². The summed E-state index contributed by atoms with van der Waals surface area (Å²) in [7, 11) is 0. The van der Waals surface area contributed by atoms with Crippen LogP contribution in [0.5, 0.6) is 0 Å². The Balaban J connectivity index is 1.63. The number of aromatic amines is 1. The zero-order valence-electron chi connectivity index (χ0n) is 15.6. The fraction of sp³-hybridized carbons (Fsp3) is 0.500. The van der Waals surface area contributed by atoms with Gasteiger partial charge in [0.15, 0.2) is 0 Å². The SMILES string of the molecule is Cc1n[nH]c(C)c1C(C)C(=O)N1CCC(O)(Cc2cccc(F)c2)CC1. The van der Waals surface area contributed by atoms with Gasteiger partial charge in [0.05, 0.1) is 17.2 Å². The van der Waals surface area contributed by atoms with E-state index in [0.717, 1.165) is 22.5 Å². The average molecular weight is 359 g/mol. The monoisotopic (exact) mass is 359 g/mol. The van der Waals surface area contributed by atoms with Gasteiger partial charge in [-0.3, -0.25) is 9.89 Å². The molecule has 0 spiro atoms. The zero-order valence-corrected chi connectivity index (χ0v) is 15.6. The molecule has 6 heteroatoms. The number of carbonyl (C=O) groups excluding carboxylic acids is 1. The van der Waals surface area contributed by atoms with Crippen molar-refractivity contribution in [3.63, 3.8) is 0 Å². The van der Waals surface area contributed by atoms with Gasteiger partial charge in [-0.1, -0.05) is 12.1 Å². The number of likely N-dealkylation sites (tertiary alicyclic amines) is 1. The van der Waals surface area contributed by atoms with Gasteiger partial charge in [0.2, 0.25) is 5.91 Å². The molecule has 2 N–H and O–H groups in total. The molecule has 26 heavy (non-hydrogen) atoms. The number of hydrogen-bond donors (Lipinski definition) is 2. The molecular formula is C20H26FN3O2. The molecule has 1 fully saturated rings. The highest BCUT2D eigenvalue weighted by atomic mass is 19.1. The van der Waals surface area contributed by atoms with Gasteiger partial charge in [-0.05, 0) is 51.3 Å². The van der Waals surface area contributed by atoms with Crippen molar-refractivity contribution in [2.45, 2.75) is 51.6 Å². The van der Waals surface area contributed by atoms with Gasteiger partial charge in [0.25, 0.3) is 0 Å². The molecule has 3 rings (SSSR count). The highest BCUT2D eigenvalue weighted by Gasteiger charge is 2.36. The zero-order chi connectivity index (χ0) is 18.9. The number of amides is 1. The summed E-state index contributed by atoms with van der Waals surface area (Å²) in [5.41, 5.74) is 2.61. The lowest BCUT2D eigenvalue weighted by molar-refractivity contribution is -0.136. The predicted octanol–water partition coefficient (Wildman–Crippen LogP) is 2.87. The highest BCUT2D eigenvalue weighted by Crippen LogP contribution is 2.30. The van der Waals surface area contributed by atoms with E-state index in [1.54, 1.807) is 6.07 Å². The van der Waals surface area contributed by atoms with Crippen LogP contribution in [0.15, 0.2) is 24.3 Å². The minimum absolute atomic E-state index is 0.0606. The number of aryl methyl sites for hydroxylation is 2. The highest BCUT2D eigenvalue weighted by molar-refractivity contribution is 5.84. The second kappa shape index (κ2) is 7.19. The summed E-state index contributed by atoms with van der Waals surface area (Å²) in [5, 5.41) is 18.0. The lowest BCUT2D eigenvalue weighted by Gasteiger charge is -2.39. The summed E-state index contributed by atoms with van der Waals surface area (Å²) in [5.74, 6) is -0.494. The van der Waals surface area contributed by atoms with E-state index < -0.39 is 5.60 Å². The molecule has 1 aliphatic rings. The maximum Gasteiger partial charge on any atom is 0.229 e. The Morgan fingerprint density at radius 3 is 2.65 bits per heavy atom. The van der Waals surface area contributed by atoms with Crippen LogP contribution >= 0.6 is 0 Å². The molecule has 0 bridgehead atoms. The van der Waals surface area contributed by atoms with Gasteiger partial charge in [0, 0.05) is 30.8 Å². The van der Waals surface area contributed by atoms with E-state index in [9.17, 15) is 14.3 Å². The van der Waals surface area contributed by atoms with E-state index in [1.807, 2.05) is 31.7 Å². The van der Waals surface area contributed by atoms with Crippen molar-refractivity contribution in [1.29, 1.82) is 0 Å². The van der Waals surface area contributed by atoms with Crippen LogP contribution in [0.3, 0.4) is 0 Å². The first kappa shape index (κ1) is 18.6. The maximum absolute atomic E-state index is 13.4. The molecule has 1 aromatic carbocycles. The summed E-state index contributed by atoms with van der Waals surface area (Å²) in [6.45, 7) is 6.74. The van der Waals surface area contributed by atoms with Crippen molar-refractivity contribution >= 4 is 5.91 Å². The van der Waals surface area contributed by atoms with Crippen LogP contribution in [-0.4, -0.2) is 44.8 Å². The Morgan fingerprint density at radius 1 is 1.38 bits per heavy atom. The van der Waals surface area contributed by atoms with Gasteiger partial charge in [-0.25, -0.2) is 4.39 Å². The van der Waals surface area contributed by atoms with Gasteiger partial charge in [0.1, 0.15) is 5.82 Å². The quantitative estimate of drug-likeness (QED) is 0.882. The molecule has 5 nitrogen and oxygen atoms in total. The summed E-state index contributed by atoms with van der Waals surface area (Å²) in [4.78, 5) is 14.7. The number of benzene rings is 1. The van der Waals surface area contributed by atoms with E-state index >= 15 is 0 Å². The van der Waals surface area contributed by atoms with Crippen LogP contribution < -0.4 is 0 Å². The van der Waals surface area contributed by atoms with Crippen LogP contribution in [0, 0.1) is 19.7 Å². The van der Waals surface area contributed by atoms with Gasteiger partial charge in [-0.2, -0.15) is 5.10 Å². The van der Waals surface area contributed by atoms with Crippen LogP contribution in [0.2, 0.25) is 0 Å². The molecule has 1 unspecified atom stereocenters. The van der Waals surface area contributed by atoms with Crippen LogP contribution in [-0.2, 0) is 11.2 Å². The predicted molar refractivity (Wildman–Crippen MR) is 97.3 cm³/mol. The van der Waals surface area contributed by atoms with Crippen molar-refractivity contribution in [2.24, 2.45) is 0 Å². The fourth-order valence-electron chi connectivity index (χ4n) is 3.94. The lowest BCUT2D eigenvalue weighted by Crippen LogP contribution is -2.48. The van der Waals surface area contributed by atoms with Crippen molar-refractivity contribution in [3.05, 3.63) is 52.6 Å². The standard InChI is InChI=1S/C20H26FN3O2/c1-13(18-14(2)22-23-15(18)3)19(25)24-9-7-20(26,8-10-24)12-16-5-4-6-17(21)11-16/h4-6,11,13,26H,7-10,12H2,1-3H3,(H,22,23). The van der Waals surface area contributed by atoms with E-state index in [0.29, 0.717) is 32.4 Å². The third-order valence-corrected chi connectivity index (χ3v) is 5.42. The van der Waals surface area contributed by atoms with E-state index in [-0.39, 0.29) is 17.6 Å². The third-order valence-electron chi connectivity index (χ3n) is 5.42. The second-order valence-corrected chi connectivity index (χ2v) is 7.43. The van der Waals surface area contributed by atoms with Crippen molar-refractivity contribution in [2.75, 3.05) is 13.1 Å². The minimum atomic E-state index is -0.894. The number of rotatable bonds is 4. The number of halogens is 1. The average Bonchev–Trinajstić information content (AvgIpc) is 2.92. The molecule has 1 aromatic heterocycles.